The first-order valence-electron chi connectivity index (χ1n) is 6.45. The highest BCUT2D eigenvalue weighted by molar-refractivity contribution is 6.02. The number of ether oxygens (including phenoxy) is 1. The lowest BCUT2D eigenvalue weighted by molar-refractivity contribution is -0.0518. The molecule has 20 heavy (non-hydrogen) atoms. The maximum Gasteiger partial charge on any atom is 0.164 e. The highest BCUT2D eigenvalue weighted by Crippen LogP contribution is 2.41. The second-order valence-electron chi connectivity index (χ2n) is 5.36. The van der Waals surface area contributed by atoms with Gasteiger partial charge in [-0.15, -0.1) is 0 Å². The average molecular weight is 284 g/mol. The van der Waals surface area contributed by atoms with Crippen molar-refractivity contribution in [1.29, 1.82) is 0 Å². The predicted octanol–water partition coefficient (Wildman–Crippen LogP) is -0.892. The van der Waals surface area contributed by atoms with E-state index in [1.165, 1.54) is 13.3 Å². The van der Waals surface area contributed by atoms with Crippen molar-refractivity contribution in [3.63, 3.8) is 0 Å². The number of rotatable bonds is 2. The number of hydrogen-bond acceptors (Lipinski definition) is 7. The quantitative estimate of drug-likeness (QED) is 0.610. The van der Waals surface area contributed by atoms with Crippen molar-refractivity contribution in [1.82, 2.24) is 5.01 Å². The number of nitrogens with two attached hydrogens (primary N) is 1. The minimum atomic E-state index is -1.97. The fraction of sp³-hybridized carbons (Fsp3) is 0.667. The minimum Gasteiger partial charge on any atom is -0.394 e. The lowest BCUT2D eigenvalue weighted by Gasteiger charge is -2.34. The third-order valence-corrected chi connectivity index (χ3v) is 4.09. The zero-order valence-electron chi connectivity index (χ0n) is 11.0. The summed E-state index contributed by atoms with van der Waals surface area (Å²) in [4.78, 5) is 3.88. The van der Waals surface area contributed by atoms with Crippen molar-refractivity contribution in [3.05, 3.63) is 11.8 Å². The van der Waals surface area contributed by atoms with E-state index in [0.717, 1.165) is 0 Å². The number of amidine groups is 1. The summed E-state index contributed by atoms with van der Waals surface area (Å²) in [6.45, 7) is 0.845. The summed E-state index contributed by atoms with van der Waals surface area (Å²) < 4.78 is 20.3. The van der Waals surface area contributed by atoms with Gasteiger partial charge in [-0.25, -0.2) is 9.38 Å². The predicted molar refractivity (Wildman–Crippen MR) is 69.7 cm³/mol. The van der Waals surface area contributed by atoms with Crippen molar-refractivity contribution < 1.29 is 19.3 Å². The summed E-state index contributed by atoms with van der Waals surface area (Å²) in [5.41, 5.74) is 4.41. The Hall–Kier alpha value is -1.51. The molecule has 1 fully saturated rings. The van der Waals surface area contributed by atoms with Gasteiger partial charge in [-0.3, -0.25) is 5.01 Å². The number of alkyl halides is 1. The summed E-state index contributed by atoms with van der Waals surface area (Å²) in [6, 6.07) is -0.420. The summed E-state index contributed by atoms with van der Waals surface area (Å²) in [5, 5.41) is 24.7. The van der Waals surface area contributed by atoms with Crippen molar-refractivity contribution in [2.45, 2.75) is 43.4 Å². The SMILES string of the molecule is C[C@@]1(F)[C@H](O)[C@@H](CO)O[C@H]1C1CC=C2C(N)=NC=NN21. The molecule has 0 aromatic heterocycles. The van der Waals surface area contributed by atoms with Gasteiger partial charge in [-0.2, -0.15) is 5.10 Å². The van der Waals surface area contributed by atoms with Gasteiger partial charge >= 0.3 is 0 Å². The summed E-state index contributed by atoms with van der Waals surface area (Å²) in [7, 11) is 0. The molecule has 3 heterocycles. The van der Waals surface area contributed by atoms with E-state index in [9.17, 15) is 9.50 Å². The Labute approximate surface area is 115 Å². The molecule has 0 aromatic rings. The molecule has 0 aromatic carbocycles. The lowest BCUT2D eigenvalue weighted by Crippen LogP contribution is -2.51. The molecule has 0 amide bonds. The van der Waals surface area contributed by atoms with Gasteiger partial charge in [-0.1, -0.05) is 6.08 Å². The van der Waals surface area contributed by atoms with Crippen LogP contribution in [0.25, 0.3) is 0 Å². The number of aliphatic hydroxyl groups is 2. The first-order valence-corrected chi connectivity index (χ1v) is 6.45. The maximum atomic E-state index is 14.8. The van der Waals surface area contributed by atoms with Crippen molar-refractivity contribution in [3.8, 4) is 0 Å². The maximum absolute atomic E-state index is 14.8. The van der Waals surface area contributed by atoms with Gasteiger partial charge in [0.05, 0.1) is 18.3 Å². The molecule has 4 N–H and O–H groups in total. The smallest absolute Gasteiger partial charge is 0.164 e. The third-order valence-electron chi connectivity index (χ3n) is 4.09. The highest BCUT2D eigenvalue weighted by atomic mass is 19.1. The topological polar surface area (TPSA) is 104 Å². The molecular weight excluding hydrogens is 267 g/mol. The van der Waals surface area contributed by atoms with E-state index >= 15 is 0 Å². The number of nitrogens with zero attached hydrogens (tertiary/aromatic N) is 3. The zero-order chi connectivity index (χ0) is 14.5. The Balaban J connectivity index is 1.85. The average Bonchev–Trinajstić information content (AvgIpc) is 2.92. The van der Waals surface area contributed by atoms with E-state index in [-0.39, 0.29) is 0 Å². The van der Waals surface area contributed by atoms with Crippen LogP contribution in [0.1, 0.15) is 13.3 Å². The van der Waals surface area contributed by atoms with Crippen molar-refractivity contribution >= 4 is 12.2 Å². The molecule has 7 nitrogen and oxygen atoms in total. The van der Waals surface area contributed by atoms with E-state index in [4.69, 9.17) is 15.6 Å². The van der Waals surface area contributed by atoms with E-state index in [0.29, 0.717) is 18.0 Å². The molecule has 1 saturated heterocycles. The number of hydrazone groups is 1. The van der Waals surface area contributed by atoms with Gasteiger partial charge in [-0.05, 0) is 13.3 Å². The van der Waals surface area contributed by atoms with Crippen LogP contribution in [0.15, 0.2) is 21.9 Å². The number of aliphatic imine (C=N–C) groups is 1. The van der Waals surface area contributed by atoms with Gasteiger partial charge < -0.3 is 20.7 Å². The Kier molecular flexibility index (Phi) is 3.03. The largest absolute Gasteiger partial charge is 0.394 e. The van der Waals surface area contributed by atoms with Crippen LogP contribution in [0.2, 0.25) is 0 Å². The standard InChI is InChI=1S/C12H17FN4O3/c1-12(13)9(19)8(4-18)20-10(12)6-2-3-7-11(14)15-5-16-17(6)7/h3,5-6,8-10,18-19H,2,4H2,1H3,(H2,14,15,16)/t6?,8-,9-,10+,12-/m1/s1. The second kappa shape index (κ2) is 4.51. The van der Waals surface area contributed by atoms with Crippen molar-refractivity contribution in [2.24, 2.45) is 15.8 Å². The summed E-state index contributed by atoms with van der Waals surface area (Å²) in [5.74, 6) is 0.320. The van der Waals surface area contributed by atoms with Gasteiger partial charge in [0.1, 0.15) is 24.7 Å². The van der Waals surface area contributed by atoms with Gasteiger partial charge in [0.25, 0.3) is 0 Å². The van der Waals surface area contributed by atoms with E-state index in [1.807, 2.05) is 6.08 Å². The molecular formula is C12H17FN4O3. The van der Waals surface area contributed by atoms with E-state index in [2.05, 4.69) is 10.1 Å². The Morgan fingerprint density at radius 2 is 2.40 bits per heavy atom. The van der Waals surface area contributed by atoms with Crippen LogP contribution in [-0.4, -0.2) is 64.0 Å². The molecule has 3 rings (SSSR count). The van der Waals surface area contributed by atoms with Crippen LogP contribution in [-0.2, 0) is 4.74 Å². The first kappa shape index (κ1) is 13.5. The second-order valence-corrected chi connectivity index (χ2v) is 5.36. The first-order chi connectivity index (χ1) is 9.46. The molecule has 0 saturated carbocycles. The monoisotopic (exact) mass is 284 g/mol. The molecule has 5 atom stereocenters. The van der Waals surface area contributed by atoms with Crippen LogP contribution in [0.4, 0.5) is 4.39 Å². The van der Waals surface area contributed by atoms with Gasteiger partial charge in [0, 0.05) is 0 Å². The lowest BCUT2D eigenvalue weighted by atomic mass is 9.90. The fourth-order valence-electron chi connectivity index (χ4n) is 2.97. The van der Waals surface area contributed by atoms with E-state index in [1.54, 1.807) is 5.01 Å². The van der Waals surface area contributed by atoms with Gasteiger partial charge in [0.2, 0.25) is 0 Å². The summed E-state index contributed by atoms with van der Waals surface area (Å²) >= 11 is 0. The van der Waals surface area contributed by atoms with Crippen LogP contribution >= 0.6 is 0 Å². The molecule has 0 radical (unpaired) electrons. The number of fused-ring (bicyclic) bond motifs is 1. The Morgan fingerprint density at radius 3 is 3.05 bits per heavy atom. The molecule has 0 bridgehead atoms. The number of hydrogen-bond donors (Lipinski definition) is 3. The Morgan fingerprint density at radius 1 is 1.65 bits per heavy atom. The van der Waals surface area contributed by atoms with Crippen LogP contribution in [0, 0.1) is 0 Å². The third kappa shape index (κ3) is 1.75. The summed E-state index contributed by atoms with van der Waals surface area (Å²) in [6.07, 6.45) is 0.387. The number of aliphatic hydroxyl groups excluding tert-OH is 2. The molecule has 3 aliphatic rings. The van der Waals surface area contributed by atoms with Crippen LogP contribution in [0.5, 0.6) is 0 Å². The van der Waals surface area contributed by atoms with Gasteiger partial charge in [0.15, 0.2) is 11.5 Å². The highest BCUT2D eigenvalue weighted by Gasteiger charge is 2.58. The number of halogens is 1. The molecule has 3 aliphatic heterocycles. The molecule has 1 unspecified atom stereocenters. The Bertz CT molecular complexity index is 505. The minimum absolute atomic E-state index is 0.320. The molecule has 8 heteroatoms. The van der Waals surface area contributed by atoms with Crippen molar-refractivity contribution in [2.75, 3.05) is 6.61 Å². The fourth-order valence-corrected chi connectivity index (χ4v) is 2.97. The molecule has 110 valence electrons. The van der Waals surface area contributed by atoms with Crippen LogP contribution in [0.3, 0.4) is 0 Å². The normalized spacial score (nSPS) is 43.5. The van der Waals surface area contributed by atoms with Crippen LogP contribution < -0.4 is 5.73 Å². The zero-order valence-corrected chi connectivity index (χ0v) is 11.0. The molecule has 0 aliphatic carbocycles. The molecule has 0 spiro atoms. The van der Waals surface area contributed by atoms with E-state index < -0.39 is 36.6 Å².